The van der Waals surface area contributed by atoms with Crippen LogP contribution in [-0.4, -0.2) is 42.3 Å². The monoisotopic (exact) mass is 561 g/mol. The summed E-state index contributed by atoms with van der Waals surface area (Å²) in [5, 5.41) is 4.30. The Hall–Kier alpha value is -4.16. The summed E-state index contributed by atoms with van der Waals surface area (Å²) in [5.41, 5.74) is 0.387. The van der Waals surface area contributed by atoms with E-state index in [-0.39, 0.29) is 17.1 Å². The topological polar surface area (TPSA) is 88.6 Å². The molecule has 2 N–H and O–H groups in total. The molecule has 0 atom stereocenters. The number of aromatic nitrogens is 2. The molecule has 0 saturated carbocycles. The summed E-state index contributed by atoms with van der Waals surface area (Å²) in [7, 11) is 0. The van der Waals surface area contributed by atoms with Crippen molar-refractivity contribution in [1.29, 1.82) is 0 Å². The van der Waals surface area contributed by atoms with Gasteiger partial charge in [-0.2, -0.15) is 13.2 Å². The molecule has 0 spiro atoms. The van der Waals surface area contributed by atoms with Crippen molar-refractivity contribution in [1.82, 2.24) is 9.97 Å². The zero-order valence-electron chi connectivity index (χ0n) is 20.1. The van der Waals surface area contributed by atoms with Gasteiger partial charge >= 0.3 is 12.2 Å². The number of anilines is 3. The fraction of sp³-hybridized carbons (Fsp3) is 0.192. The number of nitrogens with one attached hydrogen (secondary N) is 2. The molecule has 0 unspecified atom stereocenters. The SMILES string of the molecule is O=C(Nc1ccc(C(F)(F)F)c(Cl)c1)Nc1ccc(F)c(Oc2ccc3ncc(N4CCOCC4)nc3c2)c1. The van der Waals surface area contributed by atoms with Crippen LogP contribution in [0, 0.1) is 5.82 Å². The largest absolute Gasteiger partial charge is 0.454 e. The Balaban J connectivity index is 1.29. The van der Waals surface area contributed by atoms with Gasteiger partial charge in [-0.1, -0.05) is 11.6 Å². The van der Waals surface area contributed by atoms with Gasteiger partial charge in [0.25, 0.3) is 0 Å². The first-order valence-corrected chi connectivity index (χ1v) is 12.1. The van der Waals surface area contributed by atoms with Crippen molar-refractivity contribution in [2.75, 3.05) is 41.8 Å². The van der Waals surface area contributed by atoms with Gasteiger partial charge in [0, 0.05) is 36.6 Å². The fourth-order valence-corrected chi connectivity index (χ4v) is 4.18. The van der Waals surface area contributed by atoms with E-state index < -0.39 is 28.6 Å². The maximum absolute atomic E-state index is 14.5. The van der Waals surface area contributed by atoms with Gasteiger partial charge in [-0.3, -0.25) is 4.98 Å². The zero-order valence-corrected chi connectivity index (χ0v) is 20.8. The second-order valence-corrected chi connectivity index (χ2v) is 8.90. The molecular formula is C26H20ClF4N5O3. The molecular weight excluding hydrogens is 542 g/mol. The number of benzene rings is 3. The Labute approximate surface area is 224 Å². The van der Waals surface area contributed by atoms with Crippen molar-refractivity contribution in [3.63, 3.8) is 0 Å². The second-order valence-electron chi connectivity index (χ2n) is 8.50. The highest BCUT2D eigenvalue weighted by Gasteiger charge is 2.33. The average molecular weight is 562 g/mol. The van der Waals surface area contributed by atoms with Crippen LogP contribution in [0.25, 0.3) is 11.0 Å². The third-order valence-electron chi connectivity index (χ3n) is 5.79. The average Bonchev–Trinajstić information content (AvgIpc) is 2.90. The Bertz CT molecular complexity index is 1530. The van der Waals surface area contributed by atoms with E-state index in [1.807, 2.05) is 0 Å². The Morgan fingerprint density at radius 3 is 2.41 bits per heavy atom. The minimum atomic E-state index is -4.62. The number of hydrogen-bond donors (Lipinski definition) is 2. The first kappa shape index (κ1) is 26.4. The summed E-state index contributed by atoms with van der Waals surface area (Å²) in [4.78, 5) is 23.5. The lowest BCUT2D eigenvalue weighted by molar-refractivity contribution is -0.137. The molecule has 4 aromatic rings. The lowest BCUT2D eigenvalue weighted by Crippen LogP contribution is -2.36. The van der Waals surface area contributed by atoms with Crippen LogP contribution in [0.5, 0.6) is 11.5 Å². The molecule has 0 aliphatic carbocycles. The lowest BCUT2D eigenvalue weighted by atomic mass is 10.2. The molecule has 1 aliphatic heterocycles. The summed E-state index contributed by atoms with van der Waals surface area (Å²) >= 11 is 5.69. The van der Waals surface area contributed by atoms with Crippen LogP contribution in [0.2, 0.25) is 5.02 Å². The van der Waals surface area contributed by atoms with Crippen molar-refractivity contribution in [3.05, 3.63) is 77.2 Å². The number of nitrogens with zero attached hydrogens (tertiary/aromatic N) is 3. The summed E-state index contributed by atoms with van der Waals surface area (Å²) in [6, 6.07) is 10.7. The van der Waals surface area contributed by atoms with Gasteiger partial charge in [0.15, 0.2) is 11.6 Å². The molecule has 1 aromatic heterocycles. The first-order chi connectivity index (χ1) is 18.7. The van der Waals surface area contributed by atoms with Crippen molar-refractivity contribution >= 4 is 45.9 Å². The molecule has 3 aromatic carbocycles. The highest BCUT2D eigenvalue weighted by Crippen LogP contribution is 2.36. The number of ether oxygens (including phenoxy) is 2. The van der Waals surface area contributed by atoms with Gasteiger partial charge in [0.05, 0.1) is 41.0 Å². The van der Waals surface area contributed by atoms with Crippen LogP contribution in [0.1, 0.15) is 5.56 Å². The van der Waals surface area contributed by atoms with Crippen LogP contribution in [-0.2, 0) is 10.9 Å². The Kier molecular flexibility index (Phi) is 7.40. The maximum Gasteiger partial charge on any atom is 0.417 e. The molecule has 5 rings (SSSR count). The van der Waals surface area contributed by atoms with E-state index in [1.165, 1.54) is 12.1 Å². The summed E-state index contributed by atoms with van der Waals surface area (Å²) < 4.78 is 64.3. The number of fused-ring (bicyclic) bond motifs is 1. The van der Waals surface area contributed by atoms with Crippen LogP contribution in [0.4, 0.5) is 39.5 Å². The molecule has 8 nitrogen and oxygen atoms in total. The lowest BCUT2D eigenvalue weighted by Gasteiger charge is -2.27. The van der Waals surface area contributed by atoms with E-state index in [1.54, 1.807) is 24.4 Å². The number of alkyl halides is 3. The van der Waals surface area contributed by atoms with Gasteiger partial charge in [-0.15, -0.1) is 0 Å². The Morgan fingerprint density at radius 1 is 0.974 bits per heavy atom. The number of hydrogen-bond acceptors (Lipinski definition) is 6. The number of amides is 2. The predicted octanol–water partition coefficient (Wildman–Crippen LogP) is 6.71. The predicted molar refractivity (Wildman–Crippen MR) is 138 cm³/mol. The second kappa shape index (κ2) is 10.9. The van der Waals surface area contributed by atoms with Crippen molar-refractivity contribution in [2.45, 2.75) is 6.18 Å². The van der Waals surface area contributed by atoms with Crippen LogP contribution in [0.3, 0.4) is 0 Å². The van der Waals surface area contributed by atoms with Crippen LogP contribution in [0.15, 0.2) is 60.8 Å². The van der Waals surface area contributed by atoms with Gasteiger partial charge < -0.3 is 25.0 Å². The summed E-state index contributed by atoms with van der Waals surface area (Å²) in [6.45, 7) is 2.59. The van der Waals surface area contributed by atoms with E-state index in [2.05, 4.69) is 25.5 Å². The molecule has 1 saturated heterocycles. The number of rotatable bonds is 5. The molecule has 13 heteroatoms. The number of morpholine rings is 1. The highest BCUT2D eigenvalue weighted by molar-refractivity contribution is 6.31. The van der Waals surface area contributed by atoms with Gasteiger partial charge in [0.1, 0.15) is 11.6 Å². The van der Waals surface area contributed by atoms with Crippen molar-refractivity contribution in [3.8, 4) is 11.5 Å². The first-order valence-electron chi connectivity index (χ1n) is 11.7. The highest BCUT2D eigenvalue weighted by atomic mass is 35.5. The van der Waals surface area contributed by atoms with Gasteiger partial charge in [0.2, 0.25) is 0 Å². The van der Waals surface area contributed by atoms with Crippen molar-refractivity contribution in [2.24, 2.45) is 0 Å². The molecule has 39 heavy (non-hydrogen) atoms. The molecule has 0 radical (unpaired) electrons. The maximum atomic E-state index is 14.5. The zero-order chi connectivity index (χ0) is 27.6. The van der Waals surface area contributed by atoms with E-state index in [0.29, 0.717) is 48.9 Å². The number of urea groups is 1. The minimum Gasteiger partial charge on any atom is -0.454 e. The normalized spacial score (nSPS) is 13.8. The smallest absolute Gasteiger partial charge is 0.417 e. The van der Waals surface area contributed by atoms with E-state index >= 15 is 0 Å². The number of halogens is 5. The Morgan fingerprint density at radius 2 is 1.69 bits per heavy atom. The summed E-state index contributed by atoms with van der Waals surface area (Å²) in [6.07, 6.45) is -2.93. The molecule has 1 fully saturated rings. The van der Waals surface area contributed by atoms with Gasteiger partial charge in [-0.25, -0.2) is 14.2 Å². The molecule has 1 aliphatic rings. The van der Waals surface area contributed by atoms with Crippen molar-refractivity contribution < 1.29 is 31.8 Å². The molecule has 2 heterocycles. The van der Waals surface area contributed by atoms with E-state index in [4.69, 9.17) is 21.1 Å². The van der Waals surface area contributed by atoms with Crippen LogP contribution < -0.4 is 20.3 Å². The quantitative estimate of drug-likeness (QED) is 0.263. The molecule has 0 bridgehead atoms. The minimum absolute atomic E-state index is 0.0396. The standard InChI is InChI=1S/C26H20ClF4N5O3/c27-19-11-15(1-4-18(19)26(29,30)31)33-25(37)34-16-2-5-20(28)23(12-16)39-17-3-6-21-22(13-17)35-24(14-32-21)36-7-9-38-10-8-36/h1-6,11-14H,7-10H2,(H2,33,34,37). The summed E-state index contributed by atoms with van der Waals surface area (Å²) in [5.74, 6) is 0.155. The fourth-order valence-electron chi connectivity index (χ4n) is 3.89. The third-order valence-corrected chi connectivity index (χ3v) is 6.10. The van der Waals surface area contributed by atoms with Crippen LogP contribution >= 0.6 is 11.6 Å². The van der Waals surface area contributed by atoms with E-state index in [0.717, 1.165) is 24.3 Å². The molecule has 2 amide bonds. The molecule has 202 valence electrons. The van der Waals surface area contributed by atoms with Gasteiger partial charge in [-0.05, 0) is 42.5 Å². The number of carbonyl (C=O) groups is 1. The third kappa shape index (κ3) is 6.29. The van der Waals surface area contributed by atoms with E-state index in [9.17, 15) is 22.4 Å². The number of carbonyl (C=O) groups excluding carboxylic acids is 1.